The second-order valence-electron chi connectivity index (χ2n) is 22.7. The van der Waals surface area contributed by atoms with E-state index in [1.807, 2.05) is 0 Å². The molecule has 6 nitrogen and oxygen atoms in total. The molecular weight excluding hydrogens is 961 g/mol. The van der Waals surface area contributed by atoms with Gasteiger partial charge in [0.05, 0.1) is 0 Å². The average molecular weight is 1090 g/mol. The minimum atomic E-state index is -0.778. The topological polar surface area (TPSA) is 78.9 Å². The van der Waals surface area contributed by atoms with Gasteiger partial charge in [-0.05, 0) is 83.5 Å². The van der Waals surface area contributed by atoms with E-state index in [2.05, 4.69) is 93.7 Å². The summed E-state index contributed by atoms with van der Waals surface area (Å²) in [6, 6.07) is 0. The zero-order valence-corrected chi connectivity index (χ0v) is 51.9. The molecular formula is C72H128O6. The maximum atomic E-state index is 12.9. The van der Waals surface area contributed by atoms with Gasteiger partial charge in [-0.1, -0.05) is 318 Å². The Morgan fingerprint density at radius 3 is 0.833 bits per heavy atom. The van der Waals surface area contributed by atoms with Crippen LogP contribution < -0.4 is 0 Å². The lowest BCUT2D eigenvalue weighted by Gasteiger charge is -2.18. The van der Waals surface area contributed by atoms with Crippen molar-refractivity contribution in [3.63, 3.8) is 0 Å². The van der Waals surface area contributed by atoms with Gasteiger partial charge >= 0.3 is 17.9 Å². The molecule has 0 aromatic rings. The Hall–Kier alpha value is -3.15. The molecule has 0 amide bonds. The summed E-state index contributed by atoms with van der Waals surface area (Å²) >= 11 is 0. The minimum Gasteiger partial charge on any atom is -0.462 e. The normalized spacial score (nSPS) is 12.5. The van der Waals surface area contributed by atoms with Crippen molar-refractivity contribution in [1.82, 2.24) is 0 Å². The van der Waals surface area contributed by atoms with Gasteiger partial charge in [0, 0.05) is 19.3 Å². The maximum absolute atomic E-state index is 12.9. The van der Waals surface area contributed by atoms with Gasteiger partial charge in [0.25, 0.3) is 0 Å². The number of rotatable bonds is 62. The summed E-state index contributed by atoms with van der Waals surface area (Å²) in [5.74, 6) is -0.868. The van der Waals surface area contributed by atoms with Crippen LogP contribution in [-0.4, -0.2) is 37.2 Å². The first-order chi connectivity index (χ1) is 38.5. The molecule has 1 unspecified atom stereocenters. The van der Waals surface area contributed by atoms with Crippen LogP contribution in [0.3, 0.4) is 0 Å². The lowest BCUT2D eigenvalue weighted by Crippen LogP contribution is -2.30. The van der Waals surface area contributed by atoms with Crippen molar-refractivity contribution < 1.29 is 28.6 Å². The highest BCUT2D eigenvalue weighted by atomic mass is 16.6. The third-order valence-electron chi connectivity index (χ3n) is 14.9. The Bertz CT molecular complexity index is 1440. The fourth-order valence-corrected chi connectivity index (χ4v) is 9.89. The van der Waals surface area contributed by atoms with Crippen LogP contribution in [0.15, 0.2) is 72.9 Å². The van der Waals surface area contributed by atoms with Crippen molar-refractivity contribution in [2.24, 2.45) is 0 Å². The van der Waals surface area contributed by atoms with Crippen LogP contribution in [0.4, 0.5) is 0 Å². The van der Waals surface area contributed by atoms with Crippen molar-refractivity contribution in [3.8, 4) is 0 Å². The van der Waals surface area contributed by atoms with Crippen molar-refractivity contribution in [2.45, 2.75) is 354 Å². The molecule has 0 N–H and O–H groups in total. The van der Waals surface area contributed by atoms with Gasteiger partial charge in [-0.3, -0.25) is 14.4 Å². The van der Waals surface area contributed by atoms with Crippen LogP contribution in [0.2, 0.25) is 0 Å². The van der Waals surface area contributed by atoms with E-state index in [4.69, 9.17) is 14.2 Å². The van der Waals surface area contributed by atoms with Gasteiger partial charge < -0.3 is 14.2 Å². The zero-order chi connectivity index (χ0) is 56.4. The molecule has 0 aromatic heterocycles. The van der Waals surface area contributed by atoms with E-state index in [1.54, 1.807) is 0 Å². The Morgan fingerprint density at radius 2 is 0.526 bits per heavy atom. The third kappa shape index (κ3) is 63.7. The van der Waals surface area contributed by atoms with Gasteiger partial charge in [-0.15, -0.1) is 0 Å². The monoisotopic (exact) mass is 1090 g/mol. The second kappa shape index (κ2) is 66.4. The van der Waals surface area contributed by atoms with E-state index in [0.29, 0.717) is 19.3 Å². The summed E-state index contributed by atoms with van der Waals surface area (Å²) in [6.07, 6.45) is 86.4. The van der Waals surface area contributed by atoms with Gasteiger partial charge in [0.2, 0.25) is 0 Å². The van der Waals surface area contributed by atoms with E-state index in [0.717, 1.165) is 109 Å². The average Bonchev–Trinajstić information content (AvgIpc) is 3.44. The van der Waals surface area contributed by atoms with E-state index < -0.39 is 6.10 Å². The van der Waals surface area contributed by atoms with Crippen molar-refractivity contribution in [3.05, 3.63) is 72.9 Å². The molecule has 0 bridgehead atoms. The second-order valence-corrected chi connectivity index (χ2v) is 22.7. The van der Waals surface area contributed by atoms with Crippen LogP contribution in [0.25, 0.3) is 0 Å². The number of carbonyl (C=O) groups excluding carboxylic acids is 3. The first kappa shape index (κ1) is 74.8. The Morgan fingerprint density at radius 1 is 0.269 bits per heavy atom. The number of unbranched alkanes of at least 4 members (excludes halogenated alkanes) is 39. The minimum absolute atomic E-state index is 0.0745. The van der Waals surface area contributed by atoms with Crippen LogP contribution in [-0.2, 0) is 28.6 Å². The highest BCUT2D eigenvalue weighted by Crippen LogP contribution is 2.18. The van der Waals surface area contributed by atoms with Crippen molar-refractivity contribution in [1.29, 1.82) is 0 Å². The fourth-order valence-electron chi connectivity index (χ4n) is 9.89. The van der Waals surface area contributed by atoms with Gasteiger partial charge in [0.15, 0.2) is 6.10 Å². The number of hydrogen-bond acceptors (Lipinski definition) is 6. The summed E-state index contributed by atoms with van der Waals surface area (Å²) in [4.78, 5) is 38.3. The third-order valence-corrected chi connectivity index (χ3v) is 14.9. The SMILES string of the molecule is CC/C=C\C/C=C\C/C=C\C/C=C\CCCCCCCCCCCCCCCCCCCCC(=O)OCC(COC(=O)CCCCCCC/C=C\C/C=C\CCC)OC(=O)CCCCCCCCCCCCCCCCCC. The summed E-state index contributed by atoms with van der Waals surface area (Å²) < 4.78 is 16.9. The molecule has 0 spiro atoms. The molecule has 452 valence electrons. The number of hydrogen-bond donors (Lipinski definition) is 0. The molecule has 0 saturated carbocycles. The van der Waals surface area contributed by atoms with Crippen LogP contribution in [0, 0.1) is 0 Å². The summed E-state index contributed by atoms with van der Waals surface area (Å²) in [5.41, 5.74) is 0. The smallest absolute Gasteiger partial charge is 0.306 e. The fraction of sp³-hybridized carbons (Fsp3) is 0.792. The number of esters is 3. The highest BCUT2D eigenvalue weighted by Gasteiger charge is 2.19. The van der Waals surface area contributed by atoms with Crippen LogP contribution in [0.1, 0.15) is 348 Å². The molecule has 0 saturated heterocycles. The summed E-state index contributed by atoms with van der Waals surface area (Å²) in [7, 11) is 0. The van der Waals surface area contributed by atoms with Crippen LogP contribution in [0.5, 0.6) is 0 Å². The molecule has 78 heavy (non-hydrogen) atoms. The van der Waals surface area contributed by atoms with Crippen molar-refractivity contribution in [2.75, 3.05) is 13.2 Å². The first-order valence-electron chi connectivity index (χ1n) is 33.9. The molecule has 0 aliphatic carbocycles. The Labute approximate surface area is 484 Å². The largest absolute Gasteiger partial charge is 0.462 e. The lowest BCUT2D eigenvalue weighted by molar-refractivity contribution is -0.167. The van der Waals surface area contributed by atoms with E-state index in [1.165, 1.54) is 199 Å². The number of allylic oxidation sites excluding steroid dienone is 12. The van der Waals surface area contributed by atoms with Gasteiger partial charge in [-0.25, -0.2) is 0 Å². The molecule has 0 aliphatic heterocycles. The molecule has 6 heteroatoms. The van der Waals surface area contributed by atoms with Gasteiger partial charge in [0.1, 0.15) is 13.2 Å². The maximum Gasteiger partial charge on any atom is 0.306 e. The molecule has 0 aromatic carbocycles. The highest BCUT2D eigenvalue weighted by molar-refractivity contribution is 5.71. The van der Waals surface area contributed by atoms with Gasteiger partial charge in [-0.2, -0.15) is 0 Å². The predicted molar refractivity (Wildman–Crippen MR) is 339 cm³/mol. The summed E-state index contributed by atoms with van der Waals surface area (Å²) in [6.45, 7) is 6.50. The Balaban J connectivity index is 4.16. The first-order valence-corrected chi connectivity index (χ1v) is 33.9. The predicted octanol–water partition coefficient (Wildman–Crippen LogP) is 23.3. The van der Waals surface area contributed by atoms with Crippen LogP contribution >= 0.6 is 0 Å². The molecule has 0 radical (unpaired) electrons. The van der Waals surface area contributed by atoms with E-state index in [-0.39, 0.29) is 31.1 Å². The zero-order valence-electron chi connectivity index (χ0n) is 51.9. The molecule has 0 fully saturated rings. The summed E-state index contributed by atoms with van der Waals surface area (Å²) in [5, 5.41) is 0. The lowest BCUT2D eigenvalue weighted by atomic mass is 10.0. The molecule has 1 atom stereocenters. The molecule has 0 heterocycles. The number of carbonyl (C=O) groups is 3. The number of ether oxygens (including phenoxy) is 3. The molecule has 0 rings (SSSR count). The van der Waals surface area contributed by atoms with E-state index in [9.17, 15) is 14.4 Å². The molecule has 0 aliphatic rings. The van der Waals surface area contributed by atoms with E-state index >= 15 is 0 Å². The standard InChI is InChI=1S/C72H128O6/c1-4-7-10-13-16-19-22-25-27-29-30-31-32-33-34-35-36-37-38-39-40-41-42-43-45-47-50-53-56-59-62-65-71(74)77-68-69(67-76-70(73)64-61-58-55-52-49-46-24-21-18-15-12-9-6-3)78-72(75)66-63-60-57-54-51-48-44-28-26-23-20-17-14-11-8-5-2/h7,10,12,15-16,19,21,24-25,27,30-31,69H,4-6,8-9,11,13-14,17-18,20,22-23,26,28-29,32-68H2,1-3H3/b10-7-,15-12-,19-16-,24-21-,27-25-,31-30-. The van der Waals surface area contributed by atoms with Crippen molar-refractivity contribution >= 4 is 17.9 Å². The quantitative estimate of drug-likeness (QED) is 0.0261. The Kier molecular flexibility index (Phi) is 63.7.